The molecule has 2 aromatic carbocycles. The largest absolute Gasteiger partial charge is 0.366 e. The molecule has 0 atom stereocenters. The van der Waals surface area contributed by atoms with Crippen LogP contribution in [0.15, 0.2) is 73.3 Å². The van der Waals surface area contributed by atoms with E-state index in [1.807, 2.05) is 36.4 Å². The minimum atomic E-state index is -0.542. The van der Waals surface area contributed by atoms with E-state index in [9.17, 15) is 9.59 Å². The Kier molecular flexibility index (Phi) is 5.12. The molecule has 0 bridgehead atoms. The van der Waals surface area contributed by atoms with Crippen LogP contribution in [0.4, 0.5) is 11.5 Å². The lowest BCUT2D eigenvalue weighted by molar-refractivity contribution is 0.0999. The van der Waals surface area contributed by atoms with Crippen LogP contribution in [0.25, 0.3) is 21.9 Å². The summed E-state index contributed by atoms with van der Waals surface area (Å²) in [5, 5.41) is 7.67. The molecule has 162 valence electrons. The summed E-state index contributed by atoms with van der Waals surface area (Å²) in [5.74, 6) is -0.177. The first kappa shape index (κ1) is 20.1. The highest BCUT2D eigenvalue weighted by Crippen LogP contribution is 2.23. The molecule has 0 fully saturated rings. The molecule has 5 N–H and O–H groups in total. The Morgan fingerprint density at radius 3 is 2.67 bits per heavy atom. The molecule has 0 aliphatic carbocycles. The number of primary amides is 1. The molecule has 9 nitrogen and oxygen atoms in total. The number of pyridine rings is 1. The second-order valence-corrected chi connectivity index (χ2v) is 7.40. The first-order valence-electron chi connectivity index (χ1n) is 10.2. The summed E-state index contributed by atoms with van der Waals surface area (Å²) in [4.78, 5) is 40.2. The second kappa shape index (κ2) is 8.39. The first-order valence-corrected chi connectivity index (χ1v) is 10.2. The first-order chi connectivity index (χ1) is 16.1. The zero-order valence-corrected chi connectivity index (χ0v) is 17.4. The molecule has 5 rings (SSSR count). The number of hydrogen-bond donors (Lipinski definition) is 4. The number of fused-ring (bicyclic) bond motifs is 2. The van der Waals surface area contributed by atoms with Crippen molar-refractivity contribution in [2.75, 3.05) is 10.6 Å². The van der Waals surface area contributed by atoms with E-state index in [1.165, 1.54) is 6.33 Å². The predicted molar refractivity (Wildman–Crippen MR) is 126 cm³/mol. The van der Waals surface area contributed by atoms with E-state index in [0.29, 0.717) is 45.7 Å². The standard InChI is InChI=1S/C24H19N7O2/c25-21(32)17-6-2-7-18-20(17)29-13-30-23(18)27-11-14-4-1-5-15(10-14)31-24(33)19-12-28-22-16(19)8-3-9-26-22/h1-10,12-13H,11H2,(H2,25,32)(H,26,28)(H,31,33)(H,27,29,30). The highest BCUT2D eigenvalue weighted by molar-refractivity contribution is 6.12. The van der Waals surface area contributed by atoms with Gasteiger partial charge in [-0.2, -0.15) is 0 Å². The molecule has 2 amide bonds. The molecule has 0 spiro atoms. The van der Waals surface area contributed by atoms with E-state index in [2.05, 4.69) is 30.6 Å². The molecule has 0 radical (unpaired) electrons. The highest BCUT2D eigenvalue weighted by Gasteiger charge is 2.13. The maximum atomic E-state index is 12.8. The van der Waals surface area contributed by atoms with E-state index in [-0.39, 0.29) is 5.91 Å². The van der Waals surface area contributed by atoms with Crippen LogP contribution in [0.2, 0.25) is 0 Å². The van der Waals surface area contributed by atoms with Gasteiger partial charge in [-0.3, -0.25) is 9.59 Å². The predicted octanol–water partition coefficient (Wildman–Crippen LogP) is 3.47. The van der Waals surface area contributed by atoms with Crippen molar-refractivity contribution in [2.45, 2.75) is 6.54 Å². The summed E-state index contributed by atoms with van der Waals surface area (Å²) in [5.41, 5.74) is 9.09. The van der Waals surface area contributed by atoms with Crippen molar-refractivity contribution in [1.29, 1.82) is 0 Å². The number of anilines is 2. The van der Waals surface area contributed by atoms with E-state index in [4.69, 9.17) is 5.73 Å². The van der Waals surface area contributed by atoms with E-state index in [0.717, 1.165) is 10.9 Å². The van der Waals surface area contributed by atoms with Crippen molar-refractivity contribution in [3.05, 3.63) is 90.0 Å². The SMILES string of the molecule is NC(=O)c1cccc2c(NCc3cccc(NC(=O)c4c[nH]c5ncccc45)c3)ncnc12. The number of benzene rings is 2. The summed E-state index contributed by atoms with van der Waals surface area (Å²) in [6, 6.07) is 16.4. The minimum absolute atomic E-state index is 0.222. The van der Waals surface area contributed by atoms with Gasteiger partial charge in [0.2, 0.25) is 0 Å². The smallest absolute Gasteiger partial charge is 0.257 e. The van der Waals surface area contributed by atoms with Crippen molar-refractivity contribution >= 4 is 45.3 Å². The minimum Gasteiger partial charge on any atom is -0.366 e. The number of nitrogens with two attached hydrogens (primary N) is 1. The Bertz CT molecular complexity index is 1510. The molecular weight excluding hydrogens is 418 g/mol. The van der Waals surface area contributed by atoms with Crippen LogP contribution in [0.3, 0.4) is 0 Å². The monoisotopic (exact) mass is 437 g/mol. The van der Waals surface area contributed by atoms with Crippen LogP contribution in [0, 0.1) is 0 Å². The summed E-state index contributed by atoms with van der Waals surface area (Å²) in [6.45, 7) is 0.452. The van der Waals surface area contributed by atoms with Gasteiger partial charge in [0, 0.05) is 35.4 Å². The number of hydrogen-bond acceptors (Lipinski definition) is 6. The van der Waals surface area contributed by atoms with Crippen LogP contribution in [0.5, 0.6) is 0 Å². The number of nitrogens with zero attached hydrogens (tertiary/aromatic N) is 3. The van der Waals surface area contributed by atoms with Crippen LogP contribution < -0.4 is 16.4 Å². The average Bonchev–Trinajstić information content (AvgIpc) is 3.27. The van der Waals surface area contributed by atoms with Crippen molar-refractivity contribution in [3.8, 4) is 0 Å². The Balaban J connectivity index is 1.34. The Morgan fingerprint density at radius 2 is 1.79 bits per heavy atom. The van der Waals surface area contributed by atoms with Gasteiger partial charge in [0.15, 0.2) is 0 Å². The van der Waals surface area contributed by atoms with Gasteiger partial charge >= 0.3 is 0 Å². The van der Waals surface area contributed by atoms with Gasteiger partial charge in [0.05, 0.1) is 16.6 Å². The number of carbonyl (C=O) groups excluding carboxylic acids is 2. The summed E-state index contributed by atoms with van der Waals surface area (Å²) < 4.78 is 0. The highest BCUT2D eigenvalue weighted by atomic mass is 16.2. The molecule has 3 aromatic heterocycles. The third-order valence-electron chi connectivity index (χ3n) is 5.27. The average molecular weight is 437 g/mol. The second-order valence-electron chi connectivity index (χ2n) is 7.40. The number of para-hydroxylation sites is 1. The van der Waals surface area contributed by atoms with Crippen molar-refractivity contribution in [3.63, 3.8) is 0 Å². The molecule has 0 saturated heterocycles. The summed E-state index contributed by atoms with van der Waals surface area (Å²) >= 11 is 0. The van der Waals surface area contributed by atoms with Gasteiger partial charge in [0.1, 0.15) is 17.8 Å². The number of aromatic amines is 1. The molecule has 0 saturated carbocycles. The third-order valence-corrected chi connectivity index (χ3v) is 5.27. The van der Waals surface area contributed by atoms with E-state index < -0.39 is 5.91 Å². The van der Waals surface area contributed by atoms with Gasteiger partial charge in [0.25, 0.3) is 11.8 Å². The van der Waals surface area contributed by atoms with Crippen molar-refractivity contribution < 1.29 is 9.59 Å². The normalized spacial score (nSPS) is 10.9. The summed E-state index contributed by atoms with van der Waals surface area (Å²) in [6.07, 6.45) is 4.72. The third kappa shape index (κ3) is 3.94. The Labute approximate surface area is 188 Å². The van der Waals surface area contributed by atoms with E-state index >= 15 is 0 Å². The number of amides is 2. The van der Waals surface area contributed by atoms with Crippen LogP contribution in [0.1, 0.15) is 26.3 Å². The maximum Gasteiger partial charge on any atom is 0.257 e. The zero-order valence-electron chi connectivity index (χ0n) is 17.4. The summed E-state index contributed by atoms with van der Waals surface area (Å²) in [7, 11) is 0. The quantitative estimate of drug-likeness (QED) is 0.321. The number of rotatable bonds is 6. The fourth-order valence-corrected chi connectivity index (χ4v) is 3.71. The molecule has 9 heteroatoms. The fourth-order valence-electron chi connectivity index (χ4n) is 3.71. The van der Waals surface area contributed by atoms with Crippen LogP contribution in [-0.4, -0.2) is 31.8 Å². The number of carbonyl (C=O) groups is 2. The van der Waals surface area contributed by atoms with Gasteiger partial charge in [-0.25, -0.2) is 15.0 Å². The lowest BCUT2D eigenvalue weighted by Gasteiger charge is -2.11. The van der Waals surface area contributed by atoms with Crippen molar-refractivity contribution in [2.24, 2.45) is 5.73 Å². The number of nitrogens with one attached hydrogen (secondary N) is 3. The number of aromatic nitrogens is 4. The van der Waals surface area contributed by atoms with Crippen molar-refractivity contribution in [1.82, 2.24) is 19.9 Å². The van der Waals surface area contributed by atoms with Crippen LogP contribution >= 0.6 is 0 Å². The molecule has 5 aromatic rings. The van der Waals surface area contributed by atoms with Gasteiger partial charge < -0.3 is 21.4 Å². The van der Waals surface area contributed by atoms with Gasteiger partial charge in [-0.15, -0.1) is 0 Å². The Morgan fingerprint density at radius 1 is 0.939 bits per heavy atom. The topological polar surface area (TPSA) is 139 Å². The lowest BCUT2D eigenvalue weighted by atomic mass is 10.1. The van der Waals surface area contributed by atoms with Gasteiger partial charge in [-0.1, -0.05) is 18.2 Å². The maximum absolute atomic E-state index is 12.8. The molecule has 33 heavy (non-hydrogen) atoms. The molecule has 0 unspecified atom stereocenters. The molecule has 0 aliphatic rings. The van der Waals surface area contributed by atoms with Gasteiger partial charge in [-0.05, 0) is 42.0 Å². The van der Waals surface area contributed by atoms with Crippen LogP contribution in [-0.2, 0) is 6.54 Å². The Hall–Kier alpha value is -4.79. The fraction of sp³-hybridized carbons (Fsp3) is 0.0417. The lowest BCUT2D eigenvalue weighted by Crippen LogP contribution is -2.13. The zero-order chi connectivity index (χ0) is 22.8. The van der Waals surface area contributed by atoms with E-state index in [1.54, 1.807) is 30.6 Å². The molecule has 0 aliphatic heterocycles. The molecular formula is C24H19N7O2. The molecule has 3 heterocycles. The number of H-pyrrole nitrogens is 1.